The molecule has 0 saturated carbocycles. The molecule has 0 atom stereocenters. The van der Waals surface area contributed by atoms with Crippen LogP contribution in [0.25, 0.3) is 22.3 Å². The van der Waals surface area contributed by atoms with Gasteiger partial charge in [0.2, 0.25) is 0 Å². The summed E-state index contributed by atoms with van der Waals surface area (Å²) in [4.78, 5) is 0. The maximum absolute atomic E-state index is 8.88. The van der Waals surface area contributed by atoms with Crippen molar-refractivity contribution in [1.82, 2.24) is 0 Å². The summed E-state index contributed by atoms with van der Waals surface area (Å²) in [5.41, 5.74) is 8.58. The van der Waals surface area contributed by atoms with Crippen molar-refractivity contribution in [3.63, 3.8) is 0 Å². The van der Waals surface area contributed by atoms with Gasteiger partial charge in [0.15, 0.2) is 0 Å². The van der Waals surface area contributed by atoms with E-state index < -0.39 is 0 Å². The maximum Gasteiger partial charge on any atom is 0.0991 e. The quantitative estimate of drug-likeness (QED) is 0.486. The summed E-state index contributed by atoms with van der Waals surface area (Å²) in [6.45, 7) is 0. The Hall–Kier alpha value is -2.85. The first kappa shape index (κ1) is 11.9. The topological polar surface area (TPSA) is 23.8 Å². The normalized spacial score (nSPS) is 11.6. The lowest BCUT2D eigenvalue weighted by molar-refractivity contribution is 1.26. The molecule has 1 aliphatic rings. The number of rotatable bonds is 1. The Morgan fingerprint density at radius 2 is 1.43 bits per heavy atom. The van der Waals surface area contributed by atoms with Crippen molar-refractivity contribution in [2.24, 2.45) is 0 Å². The number of fused-ring (bicyclic) bond motifs is 3. The second kappa shape index (κ2) is 4.61. The second-order valence-electron chi connectivity index (χ2n) is 5.40. The molecule has 0 spiro atoms. The summed E-state index contributed by atoms with van der Waals surface area (Å²) in [6, 6.07) is 25.2. The number of nitriles is 1. The van der Waals surface area contributed by atoms with Crippen LogP contribution in [0.4, 0.5) is 0 Å². The van der Waals surface area contributed by atoms with Crippen LogP contribution in [0.5, 0.6) is 0 Å². The predicted octanol–water partition coefficient (Wildman–Crippen LogP) is 4.80. The summed E-state index contributed by atoms with van der Waals surface area (Å²) in [5.74, 6) is 0. The molecule has 0 heterocycles. The number of hydrogen-bond donors (Lipinski definition) is 0. The van der Waals surface area contributed by atoms with E-state index in [9.17, 15) is 0 Å². The van der Waals surface area contributed by atoms with E-state index in [0.29, 0.717) is 5.56 Å². The first-order valence-corrected chi connectivity index (χ1v) is 7.07. The minimum atomic E-state index is 0.701. The summed E-state index contributed by atoms with van der Waals surface area (Å²) < 4.78 is 0. The van der Waals surface area contributed by atoms with Crippen LogP contribution < -0.4 is 0 Å². The van der Waals surface area contributed by atoms with Gasteiger partial charge in [0.1, 0.15) is 0 Å². The minimum absolute atomic E-state index is 0.701. The van der Waals surface area contributed by atoms with Gasteiger partial charge in [0.25, 0.3) is 0 Å². The average Bonchev–Trinajstić information content (AvgIpc) is 2.92. The fraction of sp³-hybridized carbons (Fsp3) is 0.0500. The van der Waals surface area contributed by atoms with Gasteiger partial charge in [-0.1, -0.05) is 54.6 Å². The lowest BCUT2D eigenvalue weighted by Gasteiger charge is -2.06. The van der Waals surface area contributed by atoms with E-state index in [1.807, 2.05) is 24.3 Å². The fourth-order valence-electron chi connectivity index (χ4n) is 3.06. The van der Waals surface area contributed by atoms with Crippen LogP contribution in [-0.2, 0) is 6.42 Å². The zero-order valence-corrected chi connectivity index (χ0v) is 11.5. The number of hydrogen-bond acceptors (Lipinski definition) is 1. The van der Waals surface area contributed by atoms with E-state index in [2.05, 4.69) is 48.5 Å². The minimum Gasteiger partial charge on any atom is -0.192 e. The average molecular weight is 267 g/mol. The van der Waals surface area contributed by atoms with Gasteiger partial charge in [0.05, 0.1) is 11.6 Å². The second-order valence-corrected chi connectivity index (χ2v) is 5.40. The third-order valence-electron chi connectivity index (χ3n) is 4.14. The highest BCUT2D eigenvalue weighted by Gasteiger charge is 2.17. The molecule has 0 unspecified atom stereocenters. The summed E-state index contributed by atoms with van der Waals surface area (Å²) in [5, 5.41) is 8.88. The Balaban J connectivity index is 1.77. The molecule has 0 fully saturated rings. The van der Waals surface area contributed by atoms with Gasteiger partial charge >= 0.3 is 0 Å². The molecule has 1 aliphatic carbocycles. The molecule has 3 aromatic carbocycles. The maximum atomic E-state index is 8.88. The Morgan fingerprint density at radius 3 is 2.24 bits per heavy atom. The third kappa shape index (κ3) is 1.93. The van der Waals surface area contributed by atoms with Gasteiger partial charge in [-0.2, -0.15) is 5.26 Å². The van der Waals surface area contributed by atoms with Gasteiger partial charge in [-0.15, -0.1) is 0 Å². The molecule has 1 heteroatoms. The van der Waals surface area contributed by atoms with Crippen molar-refractivity contribution in [2.45, 2.75) is 6.42 Å². The van der Waals surface area contributed by atoms with E-state index in [0.717, 1.165) is 12.0 Å². The standard InChI is InChI=1S/C20H13N/c21-13-14-5-7-15(8-6-14)16-9-10-20-18(11-16)12-17-3-1-2-4-19(17)20/h1-11H,12H2. The van der Waals surface area contributed by atoms with E-state index in [-0.39, 0.29) is 0 Å². The Labute approximate surface area is 124 Å². The van der Waals surface area contributed by atoms with Crippen molar-refractivity contribution in [3.05, 3.63) is 83.4 Å². The molecule has 21 heavy (non-hydrogen) atoms. The zero-order valence-electron chi connectivity index (χ0n) is 11.5. The monoisotopic (exact) mass is 267 g/mol. The van der Waals surface area contributed by atoms with Crippen LogP contribution in [0, 0.1) is 11.3 Å². The van der Waals surface area contributed by atoms with Gasteiger partial charge < -0.3 is 0 Å². The van der Waals surface area contributed by atoms with Crippen LogP contribution in [-0.4, -0.2) is 0 Å². The Bertz CT molecular complexity index is 867. The Morgan fingerprint density at radius 1 is 0.714 bits per heavy atom. The molecule has 0 N–H and O–H groups in total. The molecule has 1 nitrogen and oxygen atoms in total. The van der Waals surface area contributed by atoms with Crippen molar-refractivity contribution in [3.8, 4) is 28.3 Å². The molecule has 0 aromatic heterocycles. The highest BCUT2D eigenvalue weighted by atomic mass is 14.2. The molecule has 0 saturated heterocycles. The molecule has 98 valence electrons. The molecule has 0 radical (unpaired) electrons. The third-order valence-corrected chi connectivity index (χ3v) is 4.14. The highest BCUT2D eigenvalue weighted by molar-refractivity contribution is 5.80. The summed E-state index contributed by atoms with van der Waals surface area (Å²) in [7, 11) is 0. The van der Waals surface area contributed by atoms with Crippen molar-refractivity contribution in [1.29, 1.82) is 5.26 Å². The van der Waals surface area contributed by atoms with Gasteiger partial charge in [-0.05, 0) is 51.9 Å². The van der Waals surface area contributed by atoms with Crippen LogP contribution in [0.1, 0.15) is 16.7 Å². The lowest BCUT2D eigenvalue weighted by atomic mass is 9.98. The van der Waals surface area contributed by atoms with Crippen LogP contribution >= 0.6 is 0 Å². The van der Waals surface area contributed by atoms with Crippen LogP contribution in [0.3, 0.4) is 0 Å². The molecule has 0 amide bonds. The molecule has 3 aromatic rings. The van der Waals surface area contributed by atoms with E-state index in [4.69, 9.17) is 5.26 Å². The molecule has 4 rings (SSSR count). The van der Waals surface area contributed by atoms with Crippen molar-refractivity contribution in [2.75, 3.05) is 0 Å². The van der Waals surface area contributed by atoms with Crippen molar-refractivity contribution >= 4 is 0 Å². The first-order chi connectivity index (χ1) is 10.3. The smallest absolute Gasteiger partial charge is 0.0991 e. The predicted molar refractivity (Wildman–Crippen MR) is 84.8 cm³/mol. The van der Waals surface area contributed by atoms with Crippen LogP contribution in [0.15, 0.2) is 66.7 Å². The van der Waals surface area contributed by atoms with Gasteiger partial charge in [-0.3, -0.25) is 0 Å². The first-order valence-electron chi connectivity index (χ1n) is 7.07. The summed E-state index contributed by atoms with van der Waals surface area (Å²) in [6.07, 6.45) is 1.01. The highest BCUT2D eigenvalue weighted by Crippen LogP contribution is 2.38. The van der Waals surface area contributed by atoms with Gasteiger partial charge in [0, 0.05) is 0 Å². The molecular formula is C20H13N. The molecule has 0 aliphatic heterocycles. The van der Waals surface area contributed by atoms with Crippen LogP contribution in [0.2, 0.25) is 0 Å². The molecule has 0 bridgehead atoms. The SMILES string of the molecule is N#Cc1ccc(-c2ccc3c(c2)Cc2ccccc2-3)cc1. The lowest BCUT2D eigenvalue weighted by Crippen LogP contribution is -1.84. The number of benzene rings is 3. The Kier molecular flexibility index (Phi) is 2.62. The zero-order chi connectivity index (χ0) is 14.2. The van der Waals surface area contributed by atoms with Gasteiger partial charge in [-0.25, -0.2) is 0 Å². The summed E-state index contributed by atoms with van der Waals surface area (Å²) >= 11 is 0. The van der Waals surface area contributed by atoms with Crippen molar-refractivity contribution < 1.29 is 0 Å². The number of nitrogens with zero attached hydrogens (tertiary/aromatic N) is 1. The van der Waals surface area contributed by atoms with E-state index in [1.165, 1.54) is 27.8 Å². The van der Waals surface area contributed by atoms with E-state index in [1.54, 1.807) is 0 Å². The largest absolute Gasteiger partial charge is 0.192 e. The fourth-order valence-corrected chi connectivity index (χ4v) is 3.06. The molecular weight excluding hydrogens is 254 g/mol. The van der Waals surface area contributed by atoms with E-state index >= 15 is 0 Å².